The highest BCUT2D eigenvalue weighted by Crippen LogP contribution is 2.37. The molecule has 0 aliphatic carbocycles. The standard InChI is InChI=1S/C18H15N3O4S/c22-16(11-23-12-6-2-1-3-7-12)19-18-21-20-17(26-18)15-10-24-13-8-4-5-9-14(13)25-15/h1-9,15H,10-11H2,(H,19,21,22). The largest absolute Gasteiger partial charge is 0.485 e. The smallest absolute Gasteiger partial charge is 0.264 e. The van der Waals surface area contributed by atoms with Gasteiger partial charge in [-0.3, -0.25) is 10.1 Å². The van der Waals surface area contributed by atoms with Gasteiger partial charge in [-0.25, -0.2) is 0 Å². The van der Waals surface area contributed by atoms with E-state index in [2.05, 4.69) is 15.5 Å². The van der Waals surface area contributed by atoms with Crippen molar-refractivity contribution < 1.29 is 19.0 Å². The van der Waals surface area contributed by atoms with Crippen molar-refractivity contribution in [2.45, 2.75) is 6.10 Å². The first-order valence-electron chi connectivity index (χ1n) is 7.97. The Balaban J connectivity index is 1.34. The van der Waals surface area contributed by atoms with Gasteiger partial charge in [0.05, 0.1) is 0 Å². The van der Waals surface area contributed by atoms with Crippen molar-refractivity contribution in [1.29, 1.82) is 0 Å². The zero-order valence-electron chi connectivity index (χ0n) is 13.6. The Bertz CT molecular complexity index is 900. The van der Waals surface area contributed by atoms with Crippen LogP contribution in [-0.2, 0) is 4.79 Å². The number of fused-ring (bicyclic) bond motifs is 1. The Morgan fingerprint density at radius 3 is 2.73 bits per heavy atom. The summed E-state index contributed by atoms with van der Waals surface area (Å²) in [7, 11) is 0. The number of carbonyl (C=O) groups is 1. The van der Waals surface area contributed by atoms with Gasteiger partial charge in [-0.1, -0.05) is 41.7 Å². The molecule has 132 valence electrons. The molecule has 1 aromatic heterocycles. The first-order chi connectivity index (χ1) is 12.8. The average molecular weight is 369 g/mol. The second-order valence-electron chi connectivity index (χ2n) is 5.46. The van der Waals surface area contributed by atoms with Crippen LogP contribution in [0.5, 0.6) is 17.2 Å². The molecule has 1 aliphatic heterocycles. The number of carbonyl (C=O) groups excluding carboxylic acids is 1. The molecule has 0 saturated carbocycles. The van der Waals surface area contributed by atoms with E-state index in [1.807, 2.05) is 42.5 Å². The predicted octanol–water partition coefficient (Wildman–Crippen LogP) is 3.07. The molecule has 1 amide bonds. The Morgan fingerprint density at radius 1 is 1.12 bits per heavy atom. The van der Waals surface area contributed by atoms with Crippen molar-refractivity contribution in [2.24, 2.45) is 0 Å². The summed E-state index contributed by atoms with van der Waals surface area (Å²) in [5.41, 5.74) is 0. The second kappa shape index (κ2) is 7.40. The van der Waals surface area contributed by atoms with E-state index in [0.717, 1.165) is 0 Å². The van der Waals surface area contributed by atoms with Gasteiger partial charge in [0, 0.05) is 0 Å². The molecule has 3 aromatic rings. The van der Waals surface area contributed by atoms with E-state index in [0.29, 0.717) is 34.0 Å². The molecule has 1 aliphatic rings. The van der Waals surface area contributed by atoms with Gasteiger partial charge in [-0.2, -0.15) is 0 Å². The summed E-state index contributed by atoms with van der Waals surface area (Å²) >= 11 is 1.25. The Kier molecular flexibility index (Phi) is 4.65. The fourth-order valence-corrected chi connectivity index (χ4v) is 3.15. The summed E-state index contributed by atoms with van der Waals surface area (Å²) in [4.78, 5) is 12.0. The lowest BCUT2D eigenvalue weighted by atomic mass is 10.3. The first kappa shape index (κ1) is 16.3. The van der Waals surface area contributed by atoms with Gasteiger partial charge in [-0.05, 0) is 24.3 Å². The summed E-state index contributed by atoms with van der Waals surface area (Å²) in [6.07, 6.45) is -0.353. The van der Waals surface area contributed by atoms with E-state index in [4.69, 9.17) is 14.2 Å². The average Bonchev–Trinajstić information content (AvgIpc) is 3.15. The summed E-state index contributed by atoms with van der Waals surface area (Å²) < 4.78 is 17.0. The van der Waals surface area contributed by atoms with Crippen LogP contribution < -0.4 is 19.5 Å². The van der Waals surface area contributed by atoms with Gasteiger partial charge in [-0.15, -0.1) is 10.2 Å². The van der Waals surface area contributed by atoms with E-state index in [-0.39, 0.29) is 18.6 Å². The van der Waals surface area contributed by atoms with Gasteiger partial charge in [0.1, 0.15) is 12.4 Å². The van der Waals surface area contributed by atoms with Gasteiger partial charge in [0.25, 0.3) is 5.91 Å². The number of hydrogen-bond acceptors (Lipinski definition) is 7. The molecule has 0 fully saturated rings. The molecular formula is C18H15N3O4S. The van der Waals surface area contributed by atoms with E-state index in [1.54, 1.807) is 12.1 Å². The van der Waals surface area contributed by atoms with Gasteiger partial charge < -0.3 is 14.2 Å². The molecule has 2 aromatic carbocycles. The molecule has 0 saturated heterocycles. The molecule has 1 unspecified atom stereocenters. The summed E-state index contributed by atoms with van der Waals surface area (Å²) in [6.45, 7) is 0.242. The molecule has 1 N–H and O–H groups in total. The quantitative estimate of drug-likeness (QED) is 0.744. The lowest BCUT2D eigenvalue weighted by Gasteiger charge is -2.24. The van der Waals surface area contributed by atoms with Gasteiger partial charge in [0.2, 0.25) is 5.13 Å². The van der Waals surface area contributed by atoms with Crippen molar-refractivity contribution in [2.75, 3.05) is 18.5 Å². The number of anilines is 1. The molecule has 2 heterocycles. The number of ether oxygens (including phenoxy) is 3. The van der Waals surface area contributed by atoms with Crippen LogP contribution in [0.25, 0.3) is 0 Å². The minimum atomic E-state index is -0.353. The van der Waals surface area contributed by atoms with Gasteiger partial charge in [0.15, 0.2) is 29.2 Å². The predicted molar refractivity (Wildman–Crippen MR) is 95.8 cm³/mol. The number of nitrogens with zero attached hydrogens (tertiary/aromatic N) is 2. The number of para-hydroxylation sites is 3. The SMILES string of the molecule is O=C(COc1ccccc1)Nc1nnc(C2COc3ccccc3O2)s1. The minimum Gasteiger partial charge on any atom is -0.485 e. The molecule has 7 nitrogen and oxygen atoms in total. The van der Waals surface area contributed by atoms with Crippen LogP contribution in [0, 0.1) is 0 Å². The highest BCUT2D eigenvalue weighted by molar-refractivity contribution is 7.15. The molecule has 0 bridgehead atoms. The molecule has 4 rings (SSSR count). The van der Waals surface area contributed by atoms with E-state index in [1.165, 1.54) is 11.3 Å². The van der Waals surface area contributed by atoms with Crippen molar-refractivity contribution in [1.82, 2.24) is 10.2 Å². The lowest BCUT2D eigenvalue weighted by Crippen LogP contribution is -2.21. The van der Waals surface area contributed by atoms with Crippen LogP contribution in [0.15, 0.2) is 54.6 Å². The number of amides is 1. The number of benzene rings is 2. The van der Waals surface area contributed by atoms with Crippen molar-refractivity contribution in [3.05, 3.63) is 59.6 Å². The van der Waals surface area contributed by atoms with Crippen LogP contribution in [0.3, 0.4) is 0 Å². The van der Waals surface area contributed by atoms with Crippen molar-refractivity contribution >= 4 is 22.4 Å². The van der Waals surface area contributed by atoms with Crippen LogP contribution in [-0.4, -0.2) is 29.3 Å². The maximum atomic E-state index is 12.0. The van der Waals surface area contributed by atoms with E-state index < -0.39 is 0 Å². The summed E-state index contributed by atoms with van der Waals surface area (Å²) in [6, 6.07) is 16.6. The zero-order valence-corrected chi connectivity index (χ0v) is 14.4. The number of aromatic nitrogens is 2. The number of nitrogens with one attached hydrogen (secondary N) is 1. The van der Waals surface area contributed by atoms with Gasteiger partial charge >= 0.3 is 0 Å². The second-order valence-corrected chi connectivity index (χ2v) is 6.47. The molecule has 0 spiro atoms. The van der Waals surface area contributed by atoms with E-state index >= 15 is 0 Å². The van der Waals surface area contributed by atoms with Crippen molar-refractivity contribution in [3.63, 3.8) is 0 Å². The molecule has 0 radical (unpaired) electrons. The summed E-state index contributed by atoms with van der Waals surface area (Å²) in [5, 5.41) is 11.8. The monoisotopic (exact) mass is 369 g/mol. The maximum absolute atomic E-state index is 12.0. The van der Waals surface area contributed by atoms with Crippen molar-refractivity contribution in [3.8, 4) is 17.2 Å². The third-order valence-electron chi connectivity index (χ3n) is 3.58. The fourth-order valence-electron chi connectivity index (χ4n) is 2.38. The third-order valence-corrected chi connectivity index (χ3v) is 4.51. The molecule has 26 heavy (non-hydrogen) atoms. The van der Waals surface area contributed by atoms with Crippen LogP contribution in [0.1, 0.15) is 11.1 Å². The third kappa shape index (κ3) is 3.75. The van der Waals surface area contributed by atoms with Crippen LogP contribution in [0.2, 0.25) is 0 Å². The van der Waals surface area contributed by atoms with Crippen LogP contribution >= 0.6 is 11.3 Å². The molecule has 8 heteroatoms. The Hall–Kier alpha value is -3.13. The fraction of sp³-hybridized carbons (Fsp3) is 0.167. The number of hydrogen-bond donors (Lipinski definition) is 1. The highest BCUT2D eigenvalue weighted by atomic mass is 32.1. The lowest BCUT2D eigenvalue weighted by molar-refractivity contribution is -0.118. The molecular weight excluding hydrogens is 354 g/mol. The Morgan fingerprint density at radius 2 is 1.88 bits per heavy atom. The normalized spacial score (nSPS) is 15.3. The minimum absolute atomic E-state index is 0.102. The highest BCUT2D eigenvalue weighted by Gasteiger charge is 2.26. The van der Waals surface area contributed by atoms with E-state index in [9.17, 15) is 4.79 Å². The van der Waals surface area contributed by atoms with Crippen LogP contribution in [0.4, 0.5) is 5.13 Å². The Labute approximate surface area is 153 Å². The maximum Gasteiger partial charge on any atom is 0.264 e. The topological polar surface area (TPSA) is 82.6 Å². The zero-order chi connectivity index (χ0) is 17.8. The first-order valence-corrected chi connectivity index (χ1v) is 8.79. The summed E-state index contributed by atoms with van der Waals surface area (Å²) in [5.74, 6) is 1.70. The molecule has 1 atom stereocenters. The number of rotatable bonds is 5.